The number of hydrogen-bond donors (Lipinski definition) is 1. The summed E-state index contributed by atoms with van der Waals surface area (Å²) in [5.74, 6) is -0.313. The first-order valence-electron chi connectivity index (χ1n) is 11.4. The lowest BCUT2D eigenvalue weighted by Gasteiger charge is -2.42. The fourth-order valence-electron chi connectivity index (χ4n) is 5.39. The third-order valence-corrected chi connectivity index (χ3v) is 6.86. The number of hydrogen-bond acceptors (Lipinski definition) is 6. The van der Waals surface area contributed by atoms with Crippen LogP contribution in [0.25, 0.3) is 0 Å². The Morgan fingerprint density at radius 1 is 1.12 bits per heavy atom. The van der Waals surface area contributed by atoms with E-state index in [1.165, 1.54) is 0 Å². The van der Waals surface area contributed by atoms with Crippen LogP contribution in [-0.2, 0) is 14.3 Å². The molecule has 1 aromatic carbocycles. The van der Waals surface area contributed by atoms with Crippen molar-refractivity contribution >= 4 is 11.8 Å². The van der Waals surface area contributed by atoms with Gasteiger partial charge in [-0.05, 0) is 55.7 Å². The molecule has 0 bridgehead atoms. The molecule has 172 valence electrons. The summed E-state index contributed by atoms with van der Waals surface area (Å²) in [6.45, 7) is 8.37. The molecule has 0 saturated heterocycles. The number of Topliss-reactive ketones (excluding diaryl/α,β-unsaturated/α-hetero) is 1. The summed E-state index contributed by atoms with van der Waals surface area (Å²) in [5, 5.41) is 3.32. The summed E-state index contributed by atoms with van der Waals surface area (Å²) in [6.07, 6.45) is 4.96. The summed E-state index contributed by atoms with van der Waals surface area (Å²) < 4.78 is 17.0. The van der Waals surface area contributed by atoms with Gasteiger partial charge in [-0.3, -0.25) is 9.59 Å². The molecule has 1 fully saturated rings. The van der Waals surface area contributed by atoms with E-state index in [0.29, 0.717) is 35.6 Å². The van der Waals surface area contributed by atoms with E-state index in [9.17, 15) is 9.59 Å². The van der Waals surface area contributed by atoms with E-state index < -0.39 is 11.8 Å². The zero-order valence-corrected chi connectivity index (χ0v) is 19.5. The first kappa shape index (κ1) is 22.4. The van der Waals surface area contributed by atoms with Crippen LogP contribution < -0.4 is 14.8 Å². The first-order chi connectivity index (χ1) is 15.2. The van der Waals surface area contributed by atoms with Gasteiger partial charge >= 0.3 is 5.97 Å². The molecule has 32 heavy (non-hydrogen) atoms. The Morgan fingerprint density at radius 3 is 2.50 bits per heavy atom. The highest BCUT2D eigenvalue weighted by atomic mass is 16.5. The van der Waals surface area contributed by atoms with Crippen molar-refractivity contribution in [3.05, 3.63) is 47.3 Å². The smallest absolute Gasteiger partial charge is 0.316 e. The largest absolute Gasteiger partial charge is 0.497 e. The SMILES string of the molecule is C=C1NC2=C(C(=O)CC(C)(C)C2)C(c2cc(OC)ccc2OC)C1C(=O)OC1CCCC1. The molecule has 3 aliphatic rings. The highest BCUT2D eigenvalue weighted by molar-refractivity contribution is 6.01. The van der Waals surface area contributed by atoms with Gasteiger partial charge in [-0.1, -0.05) is 20.4 Å². The molecule has 2 aliphatic carbocycles. The minimum atomic E-state index is -0.722. The molecular formula is C26H33NO5. The molecule has 1 aliphatic heterocycles. The predicted molar refractivity (Wildman–Crippen MR) is 121 cm³/mol. The lowest BCUT2D eigenvalue weighted by atomic mass is 9.66. The van der Waals surface area contributed by atoms with Crippen LogP contribution in [0.15, 0.2) is 41.7 Å². The third kappa shape index (κ3) is 4.15. The maximum Gasteiger partial charge on any atom is 0.316 e. The van der Waals surface area contributed by atoms with E-state index in [4.69, 9.17) is 14.2 Å². The average molecular weight is 440 g/mol. The standard InChI is InChI=1S/C26H33NO5/c1-15-22(25(29)32-16-8-6-7-9-16)23(18-12-17(30-4)10-11-21(18)31-5)24-19(27-15)13-26(2,3)14-20(24)28/h10-12,16,22-23,27H,1,6-9,13-14H2,2-5H3. The van der Waals surface area contributed by atoms with Gasteiger partial charge in [-0.25, -0.2) is 0 Å². The monoisotopic (exact) mass is 439 g/mol. The number of ether oxygens (including phenoxy) is 3. The molecule has 1 aromatic rings. The maximum absolute atomic E-state index is 13.5. The molecule has 0 spiro atoms. The van der Waals surface area contributed by atoms with Gasteiger partial charge in [0, 0.05) is 34.9 Å². The Kier molecular flexibility index (Phi) is 6.06. The highest BCUT2D eigenvalue weighted by Crippen LogP contribution is 2.50. The molecule has 6 heteroatoms. The van der Waals surface area contributed by atoms with E-state index in [1.807, 2.05) is 18.2 Å². The number of nitrogens with one attached hydrogen (secondary N) is 1. The van der Waals surface area contributed by atoms with Gasteiger partial charge in [0.1, 0.15) is 23.5 Å². The van der Waals surface area contributed by atoms with Crippen molar-refractivity contribution in [2.45, 2.75) is 64.4 Å². The van der Waals surface area contributed by atoms with Gasteiger partial charge in [0.25, 0.3) is 0 Å². The van der Waals surface area contributed by atoms with Crippen molar-refractivity contribution in [3.63, 3.8) is 0 Å². The lowest BCUT2D eigenvalue weighted by Crippen LogP contribution is -2.44. The van der Waals surface area contributed by atoms with Crippen molar-refractivity contribution in [1.29, 1.82) is 0 Å². The fourth-order valence-corrected chi connectivity index (χ4v) is 5.39. The van der Waals surface area contributed by atoms with Crippen molar-refractivity contribution in [2.75, 3.05) is 14.2 Å². The normalized spacial score (nSPS) is 25.2. The summed E-state index contributed by atoms with van der Waals surface area (Å²) in [7, 11) is 3.19. The molecule has 6 nitrogen and oxygen atoms in total. The van der Waals surface area contributed by atoms with Gasteiger partial charge < -0.3 is 19.5 Å². The van der Waals surface area contributed by atoms with Crippen LogP contribution in [0.2, 0.25) is 0 Å². The summed E-state index contributed by atoms with van der Waals surface area (Å²) >= 11 is 0. The van der Waals surface area contributed by atoms with Crippen LogP contribution in [0.3, 0.4) is 0 Å². The second kappa shape index (κ2) is 8.64. The number of benzene rings is 1. The molecule has 4 rings (SSSR count). The summed E-state index contributed by atoms with van der Waals surface area (Å²) in [5.41, 5.74) is 2.62. The molecular weight excluding hydrogens is 406 g/mol. The van der Waals surface area contributed by atoms with Crippen molar-refractivity contribution < 1.29 is 23.8 Å². The molecule has 1 N–H and O–H groups in total. The molecule has 1 heterocycles. The zero-order valence-electron chi connectivity index (χ0n) is 19.5. The summed E-state index contributed by atoms with van der Waals surface area (Å²) in [6, 6.07) is 5.48. The molecule has 1 saturated carbocycles. The predicted octanol–water partition coefficient (Wildman–Crippen LogP) is 4.65. The number of ketones is 1. The Balaban J connectivity index is 1.85. The van der Waals surface area contributed by atoms with Gasteiger partial charge in [0.2, 0.25) is 0 Å². The Bertz CT molecular complexity index is 970. The van der Waals surface area contributed by atoms with Crippen molar-refractivity contribution in [3.8, 4) is 11.5 Å². The van der Waals surface area contributed by atoms with Gasteiger partial charge in [-0.2, -0.15) is 0 Å². The van der Waals surface area contributed by atoms with Crippen LogP contribution in [0.4, 0.5) is 0 Å². The first-order valence-corrected chi connectivity index (χ1v) is 11.4. The van der Waals surface area contributed by atoms with E-state index in [-0.39, 0.29) is 23.3 Å². The average Bonchev–Trinajstić information content (AvgIpc) is 3.24. The van der Waals surface area contributed by atoms with Gasteiger partial charge in [0.15, 0.2) is 5.78 Å². The quantitative estimate of drug-likeness (QED) is 0.674. The minimum absolute atomic E-state index is 0.0461. The number of methoxy groups -OCH3 is 2. The van der Waals surface area contributed by atoms with E-state index >= 15 is 0 Å². The Hall–Kier alpha value is -2.76. The molecule has 0 aromatic heterocycles. The molecule has 2 atom stereocenters. The number of carbonyl (C=O) groups is 2. The van der Waals surface area contributed by atoms with Crippen molar-refractivity contribution in [2.24, 2.45) is 11.3 Å². The van der Waals surface area contributed by atoms with E-state index in [2.05, 4.69) is 25.7 Å². The van der Waals surface area contributed by atoms with E-state index in [0.717, 1.165) is 36.9 Å². The number of allylic oxidation sites excluding steroid dienone is 2. The fraction of sp³-hybridized carbons (Fsp3) is 0.538. The third-order valence-electron chi connectivity index (χ3n) is 6.86. The Labute approximate surface area is 190 Å². The van der Waals surface area contributed by atoms with Crippen LogP contribution >= 0.6 is 0 Å². The lowest BCUT2D eigenvalue weighted by molar-refractivity contribution is -0.153. The number of esters is 1. The van der Waals surface area contributed by atoms with Gasteiger partial charge in [-0.15, -0.1) is 0 Å². The van der Waals surface area contributed by atoms with Gasteiger partial charge in [0.05, 0.1) is 14.2 Å². The topological polar surface area (TPSA) is 73.9 Å². The second-order valence-corrected chi connectivity index (χ2v) is 9.89. The molecule has 0 radical (unpaired) electrons. The minimum Gasteiger partial charge on any atom is -0.497 e. The van der Waals surface area contributed by atoms with E-state index in [1.54, 1.807) is 14.2 Å². The van der Waals surface area contributed by atoms with Crippen molar-refractivity contribution in [1.82, 2.24) is 5.32 Å². The molecule has 2 unspecified atom stereocenters. The number of rotatable bonds is 5. The number of carbonyl (C=O) groups excluding carboxylic acids is 2. The maximum atomic E-state index is 13.5. The summed E-state index contributed by atoms with van der Waals surface area (Å²) in [4.78, 5) is 26.9. The van der Waals surface area contributed by atoms with Crippen LogP contribution in [-0.4, -0.2) is 32.1 Å². The highest BCUT2D eigenvalue weighted by Gasteiger charge is 2.48. The van der Waals surface area contributed by atoms with Crippen LogP contribution in [0, 0.1) is 11.3 Å². The van der Waals surface area contributed by atoms with Crippen LogP contribution in [0.1, 0.15) is 63.9 Å². The molecule has 0 amide bonds. The Morgan fingerprint density at radius 2 is 1.84 bits per heavy atom. The second-order valence-electron chi connectivity index (χ2n) is 9.89. The van der Waals surface area contributed by atoms with Crippen LogP contribution in [0.5, 0.6) is 11.5 Å². The zero-order chi connectivity index (χ0) is 23.0.